The first-order valence-corrected chi connectivity index (χ1v) is 5.76. The van der Waals surface area contributed by atoms with Crippen LogP contribution in [-0.2, 0) is 4.79 Å². The van der Waals surface area contributed by atoms with Gasteiger partial charge in [-0.3, -0.25) is 14.9 Å². The van der Waals surface area contributed by atoms with Crippen LogP contribution in [0.25, 0.3) is 0 Å². The molecule has 2 rings (SSSR count). The zero-order valence-corrected chi connectivity index (χ0v) is 9.76. The van der Waals surface area contributed by atoms with Crippen molar-refractivity contribution >= 4 is 17.3 Å². The molecule has 0 saturated heterocycles. The molecule has 0 unspecified atom stereocenters. The first kappa shape index (κ1) is 12.3. The van der Waals surface area contributed by atoms with Crippen molar-refractivity contribution in [1.29, 1.82) is 0 Å². The Balaban J connectivity index is 2.11. The number of nitro benzene ring substituents is 1. The zero-order chi connectivity index (χ0) is 13.2. The summed E-state index contributed by atoms with van der Waals surface area (Å²) in [7, 11) is 0. The number of rotatable bonds is 5. The smallest absolute Gasteiger partial charge is 0.311 e. The van der Waals surface area contributed by atoms with Gasteiger partial charge in [0, 0.05) is 12.6 Å². The Morgan fingerprint density at radius 3 is 2.61 bits per heavy atom. The van der Waals surface area contributed by atoms with Crippen LogP contribution in [-0.4, -0.2) is 22.5 Å². The van der Waals surface area contributed by atoms with Gasteiger partial charge in [0.15, 0.2) is 0 Å². The van der Waals surface area contributed by atoms with E-state index < -0.39 is 16.3 Å². The molecule has 0 amide bonds. The number of carboxylic acids is 1. The molecule has 1 aliphatic rings. The van der Waals surface area contributed by atoms with E-state index in [1.165, 1.54) is 6.07 Å². The maximum absolute atomic E-state index is 11.2. The minimum Gasteiger partial charge on any atom is -0.481 e. The molecule has 0 bridgehead atoms. The third-order valence-electron chi connectivity index (χ3n) is 3.48. The van der Waals surface area contributed by atoms with Gasteiger partial charge in [0.05, 0.1) is 10.3 Å². The number of hydrogen-bond donors (Lipinski definition) is 2. The van der Waals surface area contributed by atoms with E-state index in [2.05, 4.69) is 5.32 Å². The number of nitrogens with zero attached hydrogens (tertiary/aromatic N) is 1. The second-order valence-corrected chi connectivity index (χ2v) is 4.57. The normalized spacial score (nSPS) is 16.7. The van der Waals surface area contributed by atoms with Gasteiger partial charge in [0.1, 0.15) is 5.69 Å². The predicted octanol–water partition coefficient (Wildman–Crippen LogP) is 2.26. The largest absolute Gasteiger partial charge is 0.481 e. The van der Waals surface area contributed by atoms with Crippen LogP contribution in [0, 0.1) is 15.5 Å². The summed E-state index contributed by atoms with van der Waals surface area (Å²) < 4.78 is 0. The molecule has 18 heavy (non-hydrogen) atoms. The van der Waals surface area contributed by atoms with E-state index >= 15 is 0 Å². The van der Waals surface area contributed by atoms with Gasteiger partial charge in [-0.2, -0.15) is 0 Å². The van der Waals surface area contributed by atoms with Crippen LogP contribution in [0.4, 0.5) is 11.4 Å². The molecule has 0 aromatic heterocycles. The zero-order valence-electron chi connectivity index (χ0n) is 9.76. The number of para-hydroxylation sites is 2. The number of hydrogen-bond acceptors (Lipinski definition) is 4. The SMILES string of the molecule is O=C(O)C1(CNc2ccccc2[N+](=O)[O-])CCC1. The van der Waals surface area contributed by atoms with Crippen molar-refractivity contribution < 1.29 is 14.8 Å². The Morgan fingerprint density at radius 1 is 1.44 bits per heavy atom. The number of carbonyl (C=O) groups is 1. The highest BCUT2D eigenvalue weighted by atomic mass is 16.6. The van der Waals surface area contributed by atoms with Gasteiger partial charge in [0.25, 0.3) is 5.69 Å². The van der Waals surface area contributed by atoms with Crippen LogP contribution < -0.4 is 5.32 Å². The lowest BCUT2D eigenvalue weighted by molar-refractivity contribution is -0.384. The number of benzene rings is 1. The summed E-state index contributed by atoms with van der Waals surface area (Å²) in [5.74, 6) is -0.833. The van der Waals surface area contributed by atoms with Gasteiger partial charge in [0.2, 0.25) is 0 Å². The van der Waals surface area contributed by atoms with Crippen molar-refractivity contribution in [3.63, 3.8) is 0 Å². The molecule has 6 heteroatoms. The topological polar surface area (TPSA) is 92.5 Å². The molecule has 1 fully saturated rings. The number of nitro groups is 1. The highest BCUT2D eigenvalue weighted by Crippen LogP contribution is 2.41. The fourth-order valence-corrected chi connectivity index (χ4v) is 2.12. The van der Waals surface area contributed by atoms with Crippen LogP contribution >= 0.6 is 0 Å². The molecule has 1 aliphatic carbocycles. The standard InChI is InChI=1S/C12H14N2O4/c15-11(16)12(6-3-7-12)8-13-9-4-1-2-5-10(9)14(17)18/h1-2,4-5,13H,3,6-8H2,(H,15,16). The van der Waals surface area contributed by atoms with Crippen molar-refractivity contribution in [2.24, 2.45) is 5.41 Å². The lowest BCUT2D eigenvalue weighted by Gasteiger charge is -2.37. The highest BCUT2D eigenvalue weighted by molar-refractivity contribution is 5.77. The maximum atomic E-state index is 11.2. The molecule has 1 saturated carbocycles. The molecule has 0 aliphatic heterocycles. The molecule has 0 spiro atoms. The first-order valence-electron chi connectivity index (χ1n) is 5.76. The van der Waals surface area contributed by atoms with Crippen LogP contribution in [0.2, 0.25) is 0 Å². The average molecular weight is 250 g/mol. The molecular weight excluding hydrogens is 236 g/mol. The predicted molar refractivity (Wildman–Crippen MR) is 65.5 cm³/mol. The van der Waals surface area contributed by atoms with E-state index in [0.717, 1.165) is 6.42 Å². The molecule has 0 heterocycles. The van der Waals surface area contributed by atoms with Crippen LogP contribution in [0.3, 0.4) is 0 Å². The number of aliphatic carboxylic acids is 1. The van der Waals surface area contributed by atoms with Gasteiger partial charge in [-0.25, -0.2) is 0 Å². The average Bonchev–Trinajstić information content (AvgIpc) is 2.27. The Labute approximate surface area is 104 Å². The van der Waals surface area contributed by atoms with E-state index in [4.69, 9.17) is 5.11 Å². The second kappa shape index (κ2) is 4.64. The van der Waals surface area contributed by atoms with E-state index in [0.29, 0.717) is 18.5 Å². The van der Waals surface area contributed by atoms with Crippen LogP contribution in [0.15, 0.2) is 24.3 Å². The monoisotopic (exact) mass is 250 g/mol. The van der Waals surface area contributed by atoms with Crippen molar-refractivity contribution in [2.75, 3.05) is 11.9 Å². The summed E-state index contributed by atoms with van der Waals surface area (Å²) in [4.78, 5) is 21.5. The number of carboxylic acid groups (broad SMARTS) is 1. The molecule has 2 N–H and O–H groups in total. The van der Waals surface area contributed by atoms with Gasteiger partial charge in [-0.05, 0) is 18.9 Å². The van der Waals surface area contributed by atoms with E-state index in [9.17, 15) is 14.9 Å². The lowest BCUT2D eigenvalue weighted by Crippen LogP contribution is -2.43. The molecule has 0 atom stereocenters. The summed E-state index contributed by atoms with van der Waals surface area (Å²) in [6.07, 6.45) is 2.14. The van der Waals surface area contributed by atoms with Crippen molar-refractivity contribution in [3.8, 4) is 0 Å². The van der Waals surface area contributed by atoms with E-state index in [1.807, 2.05) is 0 Å². The molecule has 1 aromatic carbocycles. The fraction of sp³-hybridized carbons (Fsp3) is 0.417. The van der Waals surface area contributed by atoms with Crippen molar-refractivity contribution in [3.05, 3.63) is 34.4 Å². The molecule has 0 radical (unpaired) electrons. The van der Waals surface area contributed by atoms with E-state index in [1.54, 1.807) is 18.2 Å². The lowest BCUT2D eigenvalue weighted by atomic mass is 9.69. The Morgan fingerprint density at radius 2 is 2.11 bits per heavy atom. The molecule has 6 nitrogen and oxygen atoms in total. The summed E-state index contributed by atoms with van der Waals surface area (Å²) in [6, 6.07) is 6.26. The van der Waals surface area contributed by atoms with E-state index in [-0.39, 0.29) is 12.2 Å². The van der Waals surface area contributed by atoms with Crippen LogP contribution in [0.1, 0.15) is 19.3 Å². The molecule has 96 valence electrons. The molecular formula is C12H14N2O4. The Hall–Kier alpha value is -2.11. The third-order valence-corrected chi connectivity index (χ3v) is 3.48. The minimum atomic E-state index is -0.833. The van der Waals surface area contributed by atoms with Crippen molar-refractivity contribution in [2.45, 2.75) is 19.3 Å². The number of nitrogens with one attached hydrogen (secondary N) is 1. The van der Waals surface area contributed by atoms with Crippen molar-refractivity contribution in [1.82, 2.24) is 0 Å². The minimum absolute atomic E-state index is 0.0302. The quantitative estimate of drug-likeness (QED) is 0.617. The first-order chi connectivity index (χ1) is 8.55. The maximum Gasteiger partial charge on any atom is 0.311 e. The summed E-state index contributed by atoms with van der Waals surface area (Å²) in [5.41, 5.74) is -0.420. The summed E-state index contributed by atoms with van der Waals surface area (Å²) in [5, 5.41) is 22.9. The summed E-state index contributed by atoms with van der Waals surface area (Å²) >= 11 is 0. The van der Waals surface area contributed by atoms with Gasteiger partial charge in [-0.1, -0.05) is 18.6 Å². The second-order valence-electron chi connectivity index (χ2n) is 4.57. The van der Waals surface area contributed by atoms with Gasteiger partial charge >= 0.3 is 5.97 Å². The van der Waals surface area contributed by atoms with Gasteiger partial charge < -0.3 is 10.4 Å². The summed E-state index contributed by atoms with van der Waals surface area (Å²) in [6.45, 7) is 0.229. The Kier molecular flexibility index (Phi) is 3.18. The van der Waals surface area contributed by atoms with Crippen LogP contribution in [0.5, 0.6) is 0 Å². The highest BCUT2D eigenvalue weighted by Gasteiger charge is 2.44. The fourth-order valence-electron chi connectivity index (χ4n) is 2.12. The number of anilines is 1. The molecule has 1 aromatic rings. The Bertz CT molecular complexity index is 483. The third kappa shape index (κ3) is 2.13. The van der Waals surface area contributed by atoms with Gasteiger partial charge in [-0.15, -0.1) is 0 Å².